The van der Waals surface area contributed by atoms with E-state index in [1.165, 1.54) is 9.21 Å². The van der Waals surface area contributed by atoms with Gasteiger partial charge >= 0.3 is 0 Å². The summed E-state index contributed by atoms with van der Waals surface area (Å²) in [6, 6.07) is 10.7. The Hall–Kier alpha value is -2.00. The van der Waals surface area contributed by atoms with Crippen LogP contribution in [0.25, 0.3) is 0 Å². The van der Waals surface area contributed by atoms with Crippen molar-refractivity contribution < 1.29 is 18.0 Å². The van der Waals surface area contributed by atoms with Crippen LogP contribution in [0.15, 0.2) is 42.5 Å². The largest absolute Gasteiger partial charge is 0.352 e. The second-order valence-corrected chi connectivity index (χ2v) is 12.0. The summed E-state index contributed by atoms with van der Waals surface area (Å²) in [6.45, 7) is 5.72. The van der Waals surface area contributed by atoms with E-state index in [-0.39, 0.29) is 43.8 Å². The Labute approximate surface area is 228 Å². The zero-order valence-corrected chi connectivity index (χ0v) is 23.9. The van der Waals surface area contributed by atoms with Gasteiger partial charge in [0.1, 0.15) is 6.04 Å². The van der Waals surface area contributed by atoms with Crippen molar-refractivity contribution in [3.05, 3.63) is 63.1 Å². The standard InChI is InChI=1S/C25H32Cl3N3O4S/c1-5-23(25(33)29-17(2)3)30(16-18-11-12-20(27)15-22(18)28)24(32)10-7-13-31(36(4,34)35)21-9-6-8-19(26)14-21/h6,8-9,11-12,14-15,17,23H,5,7,10,13,16H2,1-4H3,(H,29,33)/t23-/m0/s1. The van der Waals surface area contributed by atoms with Crippen LogP contribution in [0.5, 0.6) is 0 Å². The Morgan fingerprint density at radius 2 is 1.69 bits per heavy atom. The highest BCUT2D eigenvalue weighted by Crippen LogP contribution is 2.25. The summed E-state index contributed by atoms with van der Waals surface area (Å²) in [4.78, 5) is 27.9. The second kappa shape index (κ2) is 13.5. The zero-order chi connectivity index (χ0) is 27.0. The first-order chi connectivity index (χ1) is 16.8. The third-order valence-corrected chi connectivity index (χ3v) is 7.44. The van der Waals surface area contributed by atoms with Crippen LogP contribution in [0.3, 0.4) is 0 Å². The fourth-order valence-electron chi connectivity index (χ4n) is 3.77. The molecule has 0 heterocycles. The van der Waals surface area contributed by atoms with Crippen molar-refractivity contribution >= 4 is 62.3 Å². The Morgan fingerprint density at radius 1 is 1.03 bits per heavy atom. The van der Waals surface area contributed by atoms with Gasteiger partial charge in [-0.25, -0.2) is 8.42 Å². The summed E-state index contributed by atoms with van der Waals surface area (Å²) < 4.78 is 26.0. The highest BCUT2D eigenvalue weighted by Gasteiger charge is 2.29. The Morgan fingerprint density at radius 3 is 2.25 bits per heavy atom. The SMILES string of the molecule is CC[C@@H](C(=O)NC(C)C)N(Cc1ccc(Cl)cc1Cl)C(=O)CCCN(c1cccc(Cl)c1)S(C)(=O)=O. The van der Waals surface area contributed by atoms with Crippen molar-refractivity contribution in [2.24, 2.45) is 0 Å². The number of hydrogen-bond donors (Lipinski definition) is 1. The van der Waals surface area contributed by atoms with Crippen LogP contribution >= 0.6 is 34.8 Å². The molecule has 7 nitrogen and oxygen atoms in total. The summed E-state index contributed by atoms with van der Waals surface area (Å²) in [5, 5.41) is 4.14. The third-order valence-electron chi connectivity index (χ3n) is 5.42. The van der Waals surface area contributed by atoms with Crippen molar-refractivity contribution in [2.75, 3.05) is 17.1 Å². The molecule has 1 N–H and O–H groups in total. The molecule has 0 fully saturated rings. The van der Waals surface area contributed by atoms with Gasteiger partial charge in [0.05, 0.1) is 11.9 Å². The Kier molecular flexibility index (Phi) is 11.3. The molecule has 2 amide bonds. The maximum Gasteiger partial charge on any atom is 0.243 e. The van der Waals surface area contributed by atoms with E-state index in [9.17, 15) is 18.0 Å². The summed E-state index contributed by atoms with van der Waals surface area (Å²) in [7, 11) is -3.60. The van der Waals surface area contributed by atoms with Gasteiger partial charge in [0.2, 0.25) is 21.8 Å². The highest BCUT2D eigenvalue weighted by molar-refractivity contribution is 7.92. The third kappa shape index (κ3) is 8.83. The molecule has 0 aliphatic carbocycles. The van der Waals surface area contributed by atoms with Gasteiger partial charge < -0.3 is 10.2 Å². The van der Waals surface area contributed by atoms with Crippen LogP contribution in [0, 0.1) is 0 Å². The molecular weight excluding hydrogens is 545 g/mol. The number of hydrogen-bond acceptors (Lipinski definition) is 4. The van der Waals surface area contributed by atoms with Crippen LogP contribution in [-0.4, -0.2) is 50.0 Å². The fourth-order valence-corrected chi connectivity index (χ4v) is 5.38. The minimum Gasteiger partial charge on any atom is -0.352 e. The Balaban J connectivity index is 2.26. The van der Waals surface area contributed by atoms with Crippen LogP contribution in [0.2, 0.25) is 15.1 Å². The molecule has 0 saturated carbocycles. The topological polar surface area (TPSA) is 86.8 Å². The summed E-state index contributed by atoms with van der Waals surface area (Å²) in [5.41, 5.74) is 1.08. The van der Waals surface area contributed by atoms with Crippen molar-refractivity contribution in [1.82, 2.24) is 10.2 Å². The number of nitrogens with zero attached hydrogens (tertiary/aromatic N) is 2. The maximum atomic E-state index is 13.4. The smallest absolute Gasteiger partial charge is 0.243 e. The van der Waals surface area contributed by atoms with Gasteiger partial charge in [-0.05, 0) is 62.6 Å². The fraction of sp³-hybridized carbons (Fsp3) is 0.440. The molecule has 36 heavy (non-hydrogen) atoms. The lowest BCUT2D eigenvalue weighted by molar-refractivity contribution is -0.141. The van der Waals surface area contributed by atoms with Gasteiger partial charge in [-0.1, -0.05) is 53.9 Å². The monoisotopic (exact) mass is 575 g/mol. The van der Waals surface area contributed by atoms with Crippen LogP contribution in [0.4, 0.5) is 5.69 Å². The van der Waals surface area contributed by atoms with E-state index in [1.54, 1.807) is 42.5 Å². The van der Waals surface area contributed by atoms with E-state index in [2.05, 4.69) is 5.32 Å². The van der Waals surface area contributed by atoms with E-state index in [0.29, 0.717) is 32.7 Å². The average Bonchev–Trinajstić information content (AvgIpc) is 2.76. The number of carbonyl (C=O) groups is 2. The van der Waals surface area contributed by atoms with E-state index in [4.69, 9.17) is 34.8 Å². The quantitative estimate of drug-likeness (QED) is 0.360. The normalized spacial score (nSPS) is 12.3. The van der Waals surface area contributed by atoms with Crippen LogP contribution in [0.1, 0.15) is 45.6 Å². The molecule has 2 aromatic rings. The molecule has 0 radical (unpaired) electrons. The molecule has 198 valence electrons. The number of carbonyl (C=O) groups excluding carboxylic acids is 2. The molecule has 0 unspecified atom stereocenters. The molecule has 0 aromatic heterocycles. The van der Waals surface area contributed by atoms with E-state index >= 15 is 0 Å². The van der Waals surface area contributed by atoms with Crippen molar-refractivity contribution in [1.29, 1.82) is 0 Å². The summed E-state index contributed by atoms with van der Waals surface area (Å²) in [6.07, 6.45) is 1.77. The molecule has 0 saturated heterocycles. The molecule has 0 aliphatic heterocycles. The number of rotatable bonds is 12. The first kappa shape index (κ1) is 30.2. The van der Waals surface area contributed by atoms with Gasteiger partial charge in [0.15, 0.2) is 0 Å². The van der Waals surface area contributed by atoms with Gasteiger partial charge in [-0.15, -0.1) is 0 Å². The number of amides is 2. The molecule has 2 rings (SSSR count). The van der Waals surface area contributed by atoms with Gasteiger partial charge in [-0.3, -0.25) is 13.9 Å². The second-order valence-electron chi connectivity index (χ2n) is 8.76. The molecule has 0 aliphatic rings. The predicted molar refractivity (Wildman–Crippen MR) is 147 cm³/mol. The lowest BCUT2D eigenvalue weighted by Gasteiger charge is -2.32. The van der Waals surface area contributed by atoms with Crippen molar-refractivity contribution in [2.45, 2.75) is 58.7 Å². The molecule has 0 spiro atoms. The lowest BCUT2D eigenvalue weighted by atomic mass is 10.1. The van der Waals surface area contributed by atoms with Gasteiger partial charge in [0.25, 0.3) is 0 Å². The maximum absolute atomic E-state index is 13.4. The molecule has 2 aromatic carbocycles. The molecular formula is C25H32Cl3N3O4S. The van der Waals surface area contributed by atoms with E-state index in [1.807, 2.05) is 20.8 Å². The lowest BCUT2D eigenvalue weighted by Crippen LogP contribution is -2.50. The van der Waals surface area contributed by atoms with Crippen LogP contribution in [-0.2, 0) is 26.2 Å². The Bertz CT molecular complexity index is 1170. The average molecular weight is 577 g/mol. The number of benzene rings is 2. The summed E-state index contributed by atoms with van der Waals surface area (Å²) >= 11 is 18.4. The number of anilines is 1. The summed E-state index contributed by atoms with van der Waals surface area (Å²) in [5.74, 6) is -0.547. The van der Waals surface area contributed by atoms with Gasteiger partial charge in [-0.2, -0.15) is 0 Å². The van der Waals surface area contributed by atoms with Crippen LogP contribution < -0.4 is 9.62 Å². The number of sulfonamides is 1. The van der Waals surface area contributed by atoms with Crippen molar-refractivity contribution in [3.8, 4) is 0 Å². The van der Waals surface area contributed by atoms with E-state index in [0.717, 1.165) is 6.26 Å². The van der Waals surface area contributed by atoms with Gasteiger partial charge in [0, 0.05) is 40.6 Å². The number of nitrogens with one attached hydrogen (secondary N) is 1. The molecule has 0 bridgehead atoms. The predicted octanol–water partition coefficient (Wildman–Crippen LogP) is 5.53. The molecule has 11 heteroatoms. The number of halogens is 3. The minimum absolute atomic E-state index is 0.0310. The highest BCUT2D eigenvalue weighted by atomic mass is 35.5. The minimum atomic E-state index is -3.60. The first-order valence-electron chi connectivity index (χ1n) is 11.6. The first-order valence-corrected chi connectivity index (χ1v) is 14.6. The molecule has 1 atom stereocenters. The zero-order valence-electron chi connectivity index (χ0n) is 20.8. The van der Waals surface area contributed by atoms with E-state index < -0.39 is 16.1 Å². The van der Waals surface area contributed by atoms with Crippen molar-refractivity contribution in [3.63, 3.8) is 0 Å².